The average molecular weight is 279 g/mol. The highest BCUT2D eigenvalue weighted by molar-refractivity contribution is 6.17. The van der Waals surface area contributed by atoms with Crippen LogP contribution in [0.4, 0.5) is 0 Å². The van der Waals surface area contributed by atoms with E-state index in [2.05, 4.69) is 48.3 Å². The second kappa shape index (κ2) is 6.20. The molecule has 0 bridgehead atoms. The molecule has 102 valence electrons. The van der Waals surface area contributed by atoms with E-state index in [0.29, 0.717) is 18.2 Å². The number of halogens is 1. The average Bonchev–Trinajstić information content (AvgIpc) is 2.92. The van der Waals surface area contributed by atoms with E-state index in [9.17, 15) is 0 Å². The molecule has 0 atom stereocenters. The van der Waals surface area contributed by atoms with Gasteiger partial charge in [-0.15, -0.1) is 11.6 Å². The molecule has 1 aromatic heterocycles. The van der Waals surface area contributed by atoms with Crippen molar-refractivity contribution in [1.82, 2.24) is 10.1 Å². The summed E-state index contributed by atoms with van der Waals surface area (Å²) in [6.45, 7) is 4.32. The van der Waals surface area contributed by atoms with E-state index in [-0.39, 0.29) is 5.41 Å². The molecule has 3 nitrogen and oxygen atoms in total. The standard InChI is InChI=1S/C15H19ClN2O/c1-3-15(4-2,12-8-6-5-7-9-12)14-17-13(10-11-16)19-18-14/h5-9H,3-4,10-11H2,1-2H3. The van der Waals surface area contributed by atoms with Gasteiger partial charge in [0.05, 0.1) is 5.41 Å². The van der Waals surface area contributed by atoms with Crippen molar-refractivity contribution in [3.63, 3.8) is 0 Å². The molecule has 0 fully saturated rings. The minimum absolute atomic E-state index is 0.171. The van der Waals surface area contributed by atoms with Crippen LogP contribution < -0.4 is 0 Å². The first kappa shape index (κ1) is 14.1. The van der Waals surface area contributed by atoms with Gasteiger partial charge in [-0.25, -0.2) is 0 Å². The highest BCUT2D eigenvalue weighted by atomic mass is 35.5. The van der Waals surface area contributed by atoms with E-state index in [4.69, 9.17) is 16.1 Å². The normalized spacial score (nSPS) is 11.7. The first-order valence-corrected chi connectivity index (χ1v) is 7.24. The van der Waals surface area contributed by atoms with Gasteiger partial charge < -0.3 is 4.52 Å². The Labute approximate surface area is 119 Å². The SMILES string of the molecule is CCC(CC)(c1ccccc1)c1noc(CCCl)n1. The van der Waals surface area contributed by atoms with Gasteiger partial charge in [0.25, 0.3) is 0 Å². The highest BCUT2D eigenvalue weighted by Crippen LogP contribution is 2.36. The van der Waals surface area contributed by atoms with Crippen molar-refractivity contribution in [2.24, 2.45) is 0 Å². The Balaban J connectivity index is 2.43. The van der Waals surface area contributed by atoms with Crippen LogP contribution in [0.15, 0.2) is 34.9 Å². The Hall–Kier alpha value is -1.35. The number of aryl methyl sites for hydroxylation is 1. The van der Waals surface area contributed by atoms with Gasteiger partial charge in [-0.1, -0.05) is 49.3 Å². The number of hydrogen-bond donors (Lipinski definition) is 0. The van der Waals surface area contributed by atoms with Gasteiger partial charge in [0, 0.05) is 12.3 Å². The molecule has 0 spiro atoms. The number of aromatic nitrogens is 2. The Morgan fingerprint density at radius 1 is 1.16 bits per heavy atom. The van der Waals surface area contributed by atoms with Crippen molar-refractivity contribution in [3.05, 3.63) is 47.6 Å². The summed E-state index contributed by atoms with van der Waals surface area (Å²) in [6, 6.07) is 10.4. The number of alkyl halides is 1. The number of nitrogens with zero attached hydrogens (tertiary/aromatic N) is 2. The summed E-state index contributed by atoms with van der Waals surface area (Å²) < 4.78 is 5.29. The molecule has 1 heterocycles. The van der Waals surface area contributed by atoms with Gasteiger partial charge in [0.1, 0.15) is 0 Å². The third kappa shape index (κ3) is 2.66. The lowest BCUT2D eigenvalue weighted by Crippen LogP contribution is -2.27. The summed E-state index contributed by atoms with van der Waals surface area (Å²) in [6.07, 6.45) is 2.49. The van der Waals surface area contributed by atoms with Crippen LogP contribution in [0.5, 0.6) is 0 Å². The number of rotatable bonds is 6. The molecule has 0 saturated carbocycles. The lowest BCUT2D eigenvalue weighted by Gasteiger charge is -2.28. The molecule has 0 aliphatic carbocycles. The number of benzene rings is 1. The number of hydrogen-bond acceptors (Lipinski definition) is 3. The topological polar surface area (TPSA) is 38.9 Å². The molecule has 0 aliphatic rings. The molecule has 0 unspecified atom stereocenters. The molecule has 0 aliphatic heterocycles. The van der Waals surface area contributed by atoms with Gasteiger partial charge in [-0.05, 0) is 18.4 Å². The van der Waals surface area contributed by atoms with Crippen LogP contribution in [0, 0.1) is 0 Å². The maximum absolute atomic E-state index is 5.72. The smallest absolute Gasteiger partial charge is 0.227 e. The molecule has 0 radical (unpaired) electrons. The van der Waals surface area contributed by atoms with E-state index >= 15 is 0 Å². The molecule has 0 saturated heterocycles. The Bertz CT molecular complexity index is 506. The zero-order valence-corrected chi connectivity index (χ0v) is 12.2. The second-order valence-corrected chi connectivity index (χ2v) is 4.98. The van der Waals surface area contributed by atoms with E-state index in [1.165, 1.54) is 5.56 Å². The molecule has 4 heteroatoms. The van der Waals surface area contributed by atoms with Crippen LogP contribution in [-0.2, 0) is 11.8 Å². The second-order valence-electron chi connectivity index (χ2n) is 4.61. The minimum Gasteiger partial charge on any atom is -0.339 e. The molecule has 0 N–H and O–H groups in total. The van der Waals surface area contributed by atoms with Crippen LogP contribution in [0.25, 0.3) is 0 Å². The molecule has 2 rings (SSSR count). The molecule has 2 aromatic rings. The monoisotopic (exact) mass is 278 g/mol. The Morgan fingerprint density at radius 3 is 2.42 bits per heavy atom. The van der Waals surface area contributed by atoms with E-state index in [1.807, 2.05) is 6.07 Å². The summed E-state index contributed by atoms with van der Waals surface area (Å²) in [5.74, 6) is 1.88. The fourth-order valence-corrected chi connectivity index (χ4v) is 2.65. The quantitative estimate of drug-likeness (QED) is 0.751. The van der Waals surface area contributed by atoms with Crippen molar-refractivity contribution < 1.29 is 4.52 Å². The highest BCUT2D eigenvalue weighted by Gasteiger charge is 2.35. The fourth-order valence-electron chi connectivity index (χ4n) is 2.49. The Kier molecular flexibility index (Phi) is 4.59. The van der Waals surface area contributed by atoms with Gasteiger partial charge in [0.2, 0.25) is 5.89 Å². The maximum atomic E-state index is 5.72. The zero-order valence-electron chi connectivity index (χ0n) is 11.4. The van der Waals surface area contributed by atoms with Gasteiger partial charge in [-0.3, -0.25) is 0 Å². The summed E-state index contributed by atoms with van der Waals surface area (Å²) in [5.41, 5.74) is 1.06. The Morgan fingerprint density at radius 2 is 1.84 bits per heavy atom. The van der Waals surface area contributed by atoms with Crippen LogP contribution in [0.1, 0.15) is 44.0 Å². The van der Waals surface area contributed by atoms with Crippen LogP contribution >= 0.6 is 11.6 Å². The maximum Gasteiger partial charge on any atom is 0.227 e. The van der Waals surface area contributed by atoms with E-state index < -0.39 is 0 Å². The first-order valence-electron chi connectivity index (χ1n) is 6.71. The van der Waals surface area contributed by atoms with Crippen molar-refractivity contribution in [2.75, 3.05) is 5.88 Å². The van der Waals surface area contributed by atoms with Crippen molar-refractivity contribution >= 4 is 11.6 Å². The van der Waals surface area contributed by atoms with Crippen LogP contribution in [-0.4, -0.2) is 16.0 Å². The molecule has 19 heavy (non-hydrogen) atoms. The third-order valence-corrected chi connectivity index (χ3v) is 3.93. The van der Waals surface area contributed by atoms with Gasteiger partial charge in [0.15, 0.2) is 5.82 Å². The van der Waals surface area contributed by atoms with Gasteiger partial charge >= 0.3 is 0 Å². The largest absolute Gasteiger partial charge is 0.339 e. The third-order valence-electron chi connectivity index (χ3n) is 3.74. The van der Waals surface area contributed by atoms with Crippen molar-refractivity contribution in [1.29, 1.82) is 0 Å². The van der Waals surface area contributed by atoms with Gasteiger partial charge in [-0.2, -0.15) is 4.98 Å². The van der Waals surface area contributed by atoms with E-state index in [0.717, 1.165) is 18.7 Å². The lowest BCUT2D eigenvalue weighted by atomic mass is 9.75. The summed E-state index contributed by atoms with van der Waals surface area (Å²) in [5, 5.41) is 4.18. The predicted molar refractivity (Wildman–Crippen MR) is 76.5 cm³/mol. The van der Waals surface area contributed by atoms with Crippen LogP contribution in [0.3, 0.4) is 0 Å². The summed E-state index contributed by atoms with van der Waals surface area (Å²) in [7, 11) is 0. The lowest BCUT2D eigenvalue weighted by molar-refractivity contribution is 0.356. The molecule has 1 aromatic carbocycles. The zero-order chi connectivity index (χ0) is 13.7. The molecular weight excluding hydrogens is 260 g/mol. The fraction of sp³-hybridized carbons (Fsp3) is 0.467. The summed E-state index contributed by atoms with van der Waals surface area (Å²) >= 11 is 5.72. The van der Waals surface area contributed by atoms with Crippen molar-refractivity contribution in [3.8, 4) is 0 Å². The summed E-state index contributed by atoms with van der Waals surface area (Å²) in [4.78, 5) is 4.53. The predicted octanol–water partition coefficient (Wildman–Crippen LogP) is 3.96. The first-order chi connectivity index (χ1) is 9.26. The minimum atomic E-state index is -0.171. The molecular formula is C15H19ClN2O. The van der Waals surface area contributed by atoms with Crippen molar-refractivity contribution in [2.45, 2.75) is 38.5 Å². The van der Waals surface area contributed by atoms with Crippen LogP contribution in [0.2, 0.25) is 0 Å². The molecule has 0 amide bonds. The van der Waals surface area contributed by atoms with E-state index in [1.54, 1.807) is 0 Å².